The van der Waals surface area contributed by atoms with Crippen LogP contribution < -0.4 is 4.74 Å². The average molecular weight is 353 g/mol. The summed E-state index contributed by atoms with van der Waals surface area (Å²) in [4.78, 5) is 14.1. The summed E-state index contributed by atoms with van der Waals surface area (Å²) in [6.45, 7) is 2.43. The lowest BCUT2D eigenvalue weighted by molar-refractivity contribution is -0.134. The SMILES string of the molecule is O=C(C1CC1)N1CCC(COc2ccc(-c3ccc(F)cc3)cc2)CC1. The molecule has 0 unspecified atom stereocenters. The third kappa shape index (κ3) is 4.06. The molecule has 26 heavy (non-hydrogen) atoms. The molecule has 4 rings (SSSR count). The molecule has 2 aromatic rings. The van der Waals surface area contributed by atoms with E-state index in [4.69, 9.17) is 4.74 Å². The summed E-state index contributed by atoms with van der Waals surface area (Å²) in [6.07, 6.45) is 4.20. The molecule has 1 aliphatic heterocycles. The number of carbonyl (C=O) groups is 1. The van der Waals surface area contributed by atoms with E-state index in [9.17, 15) is 9.18 Å². The smallest absolute Gasteiger partial charge is 0.225 e. The van der Waals surface area contributed by atoms with Crippen LogP contribution in [0, 0.1) is 17.7 Å². The number of halogens is 1. The van der Waals surface area contributed by atoms with Crippen molar-refractivity contribution in [3.8, 4) is 16.9 Å². The van der Waals surface area contributed by atoms with Crippen molar-refractivity contribution in [1.82, 2.24) is 4.90 Å². The molecule has 0 N–H and O–H groups in total. The molecule has 2 aromatic carbocycles. The summed E-state index contributed by atoms with van der Waals surface area (Å²) >= 11 is 0. The number of amides is 1. The van der Waals surface area contributed by atoms with Gasteiger partial charge in [-0.1, -0.05) is 24.3 Å². The van der Waals surface area contributed by atoms with E-state index in [2.05, 4.69) is 0 Å². The Kier molecular flexibility index (Phi) is 4.91. The summed E-state index contributed by atoms with van der Waals surface area (Å²) in [7, 11) is 0. The highest BCUT2D eigenvalue weighted by Crippen LogP contribution is 2.32. The van der Waals surface area contributed by atoms with Crippen molar-refractivity contribution >= 4 is 5.91 Å². The number of benzene rings is 2. The van der Waals surface area contributed by atoms with E-state index in [1.54, 1.807) is 12.1 Å². The zero-order valence-electron chi connectivity index (χ0n) is 14.9. The highest BCUT2D eigenvalue weighted by Gasteiger charge is 2.34. The second-order valence-corrected chi connectivity index (χ2v) is 7.39. The Morgan fingerprint density at radius 1 is 0.923 bits per heavy atom. The summed E-state index contributed by atoms with van der Waals surface area (Å²) in [6, 6.07) is 14.4. The predicted octanol–water partition coefficient (Wildman–Crippen LogP) is 4.52. The Balaban J connectivity index is 1.26. The summed E-state index contributed by atoms with van der Waals surface area (Å²) < 4.78 is 19.0. The third-order valence-corrected chi connectivity index (χ3v) is 5.37. The van der Waals surface area contributed by atoms with Crippen molar-refractivity contribution in [2.24, 2.45) is 11.8 Å². The lowest BCUT2D eigenvalue weighted by atomic mass is 9.97. The van der Waals surface area contributed by atoms with Crippen LogP contribution in [0.2, 0.25) is 0 Å². The Morgan fingerprint density at radius 3 is 2.08 bits per heavy atom. The van der Waals surface area contributed by atoms with Crippen LogP contribution in [0.5, 0.6) is 5.75 Å². The van der Waals surface area contributed by atoms with Crippen LogP contribution in [0.3, 0.4) is 0 Å². The van der Waals surface area contributed by atoms with Gasteiger partial charge in [-0.05, 0) is 67.0 Å². The van der Waals surface area contributed by atoms with Crippen molar-refractivity contribution in [3.05, 3.63) is 54.3 Å². The Bertz CT molecular complexity index is 745. The second-order valence-electron chi connectivity index (χ2n) is 7.39. The average Bonchev–Trinajstić information content (AvgIpc) is 3.53. The van der Waals surface area contributed by atoms with Crippen molar-refractivity contribution in [2.75, 3.05) is 19.7 Å². The fourth-order valence-corrected chi connectivity index (χ4v) is 3.51. The fourth-order valence-electron chi connectivity index (χ4n) is 3.51. The molecule has 4 heteroatoms. The Labute approximate surface area is 153 Å². The van der Waals surface area contributed by atoms with Crippen LogP contribution in [0.1, 0.15) is 25.7 Å². The fraction of sp³-hybridized carbons (Fsp3) is 0.409. The maximum atomic E-state index is 13.0. The van der Waals surface area contributed by atoms with Gasteiger partial charge in [0.25, 0.3) is 0 Å². The van der Waals surface area contributed by atoms with Gasteiger partial charge in [0.1, 0.15) is 11.6 Å². The van der Waals surface area contributed by atoms with Gasteiger partial charge in [-0.3, -0.25) is 4.79 Å². The number of nitrogens with zero attached hydrogens (tertiary/aromatic N) is 1. The Hall–Kier alpha value is -2.36. The number of hydrogen-bond donors (Lipinski definition) is 0. The summed E-state index contributed by atoms with van der Waals surface area (Å²) in [5.41, 5.74) is 2.04. The molecule has 1 heterocycles. The molecule has 1 aliphatic carbocycles. The van der Waals surface area contributed by atoms with Gasteiger partial charge in [0.2, 0.25) is 5.91 Å². The molecule has 0 spiro atoms. The first-order chi connectivity index (χ1) is 12.7. The van der Waals surface area contributed by atoms with Crippen LogP contribution in [-0.2, 0) is 4.79 Å². The molecular weight excluding hydrogens is 329 g/mol. The van der Waals surface area contributed by atoms with E-state index in [-0.39, 0.29) is 5.82 Å². The van der Waals surface area contributed by atoms with Gasteiger partial charge in [0, 0.05) is 19.0 Å². The minimum absolute atomic E-state index is 0.224. The van der Waals surface area contributed by atoms with E-state index in [0.29, 0.717) is 24.3 Å². The molecule has 0 aromatic heterocycles. The number of hydrogen-bond acceptors (Lipinski definition) is 2. The molecule has 1 amide bonds. The largest absolute Gasteiger partial charge is 0.493 e. The van der Waals surface area contributed by atoms with Crippen molar-refractivity contribution in [2.45, 2.75) is 25.7 Å². The van der Waals surface area contributed by atoms with Crippen molar-refractivity contribution < 1.29 is 13.9 Å². The maximum absolute atomic E-state index is 13.0. The highest BCUT2D eigenvalue weighted by molar-refractivity contribution is 5.81. The number of piperidine rings is 1. The summed E-state index contributed by atoms with van der Waals surface area (Å²) in [5.74, 6) is 1.82. The molecule has 0 bridgehead atoms. The normalized spacial score (nSPS) is 18.0. The first kappa shape index (κ1) is 17.1. The van der Waals surface area contributed by atoms with Gasteiger partial charge in [-0.15, -0.1) is 0 Å². The van der Waals surface area contributed by atoms with Gasteiger partial charge in [-0.2, -0.15) is 0 Å². The van der Waals surface area contributed by atoms with Crippen LogP contribution in [-0.4, -0.2) is 30.5 Å². The quantitative estimate of drug-likeness (QED) is 0.791. The minimum atomic E-state index is -0.224. The zero-order chi connectivity index (χ0) is 17.9. The molecule has 1 saturated heterocycles. The van der Waals surface area contributed by atoms with Crippen LogP contribution in [0.25, 0.3) is 11.1 Å². The van der Waals surface area contributed by atoms with Gasteiger partial charge < -0.3 is 9.64 Å². The lowest BCUT2D eigenvalue weighted by Crippen LogP contribution is -2.40. The lowest BCUT2D eigenvalue weighted by Gasteiger charge is -2.32. The molecule has 0 radical (unpaired) electrons. The van der Waals surface area contributed by atoms with E-state index in [0.717, 1.165) is 55.6 Å². The minimum Gasteiger partial charge on any atom is -0.493 e. The first-order valence-corrected chi connectivity index (χ1v) is 9.46. The molecule has 2 fully saturated rings. The van der Waals surface area contributed by atoms with Gasteiger partial charge in [0.05, 0.1) is 6.61 Å². The highest BCUT2D eigenvalue weighted by atomic mass is 19.1. The number of likely N-dealkylation sites (tertiary alicyclic amines) is 1. The molecule has 0 atom stereocenters. The van der Waals surface area contributed by atoms with Gasteiger partial charge >= 0.3 is 0 Å². The van der Waals surface area contributed by atoms with E-state index >= 15 is 0 Å². The zero-order valence-corrected chi connectivity index (χ0v) is 14.9. The van der Waals surface area contributed by atoms with Crippen LogP contribution >= 0.6 is 0 Å². The topological polar surface area (TPSA) is 29.5 Å². The van der Waals surface area contributed by atoms with E-state index < -0.39 is 0 Å². The molecule has 3 nitrogen and oxygen atoms in total. The van der Waals surface area contributed by atoms with Crippen molar-refractivity contribution in [1.29, 1.82) is 0 Å². The Morgan fingerprint density at radius 2 is 1.50 bits per heavy atom. The number of rotatable bonds is 5. The number of ether oxygens (including phenoxy) is 1. The standard InChI is InChI=1S/C22H24FNO2/c23-20-7-3-17(4-8-20)18-5-9-21(10-6-18)26-15-16-11-13-24(14-12-16)22(25)19-1-2-19/h3-10,16,19H,1-2,11-15H2. The molecule has 2 aliphatic rings. The second kappa shape index (κ2) is 7.48. The van der Waals surface area contributed by atoms with E-state index in [1.807, 2.05) is 29.2 Å². The maximum Gasteiger partial charge on any atom is 0.225 e. The monoisotopic (exact) mass is 353 g/mol. The van der Waals surface area contributed by atoms with Gasteiger partial charge in [0.15, 0.2) is 0 Å². The van der Waals surface area contributed by atoms with E-state index in [1.165, 1.54) is 12.1 Å². The first-order valence-electron chi connectivity index (χ1n) is 9.46. The number of carbonyl (C=O) groups excluding carboxylic acids is 1. The predicted molar refractivity (Wildman–Crippen MR) is 99.4 cm³/mol. The molecule has 1 saturated carbocycles. The van der Waals surface area contributed by atoms with Crippen LogP contribution in [0.15, 0.2) is 48.5 Å². The molecular formula is C22H24FNO2. The summed E-state index contributed by atoms with van der Waals surface area (Å²) in [5, 5.41) is 0. The van der Waals surface area contributed by atoms with Crippen molar-refractivity contribution in [3.63, 3.8) is 0 Å². The molecule has 136 valence electrons. The third-order valence-electron chi connectivity index (χ3n) is 5.37. The van der Waals surface area contributed by atoms with Gasteiger partial charge in [-0.25, -0.2) is 4.39 Å². The van der Waals surface area contributed by atoms with Crippen LogP contribution in [0.4, 0.5) is 4.39 Å².